The Hall–Kier alpha value is -1.09. The van der Waals surface area contributed by atoms with Crippen LogP contribution in [0.5, 0.6) is 5.88 Å². The van der Waals surface area contributed by atoms with Crippen molar-refractivity contribution in [3.8, 4) is 5.88 Å². The SMILES string of the molecule is CCCCCOc1ncccc1CNCCC. The van der Waals surface area contributed by atoms with Gasteiger partial charge in [0.05, 0.1) is 6.61 Å². The number of hydrogen-bond donors (Lipinski definition) is 1. The lowest BCUT2D eigenvalue weighted by atomic mass is 10.2. The summed E-state index contributed by atoms with van der Waals surface area (Å²) in [6.07, 6.45) is 6.48. The van der Waals surface area contributed by atoms with Crippen LogP contribution >= 0.6 is 0 Å². The lowest BCUT2D eigenvalue weighted by Crippen LogP contribution is -2.15. The quantitative estimate of drug-likeness (QED) is 0.669. The van der Waals surface area contributed by atoms with Crippen molar-refractivity contribution < 1.29 is 4.74 Å². The number of pyridine rings is 1. The van der Waals surface area contributed by atoms with Crippen molar-refractivity contribution in [3.05, 3.63) is 23.9 Å². The summed E-state index contributed by atoms with van der Waals surface area (Å²) in [7, 11) is 0. The zero-order valence-corrected chi connectivity index (χ0v) is 11.0. The van der Waals surface area contributed by atoms with Gasteiger partial charge in [0.15, 0.2) is 0 Å². The van der Waals surface area contributed by atoms with E-state index in [2.05, 4.69) is 30.2 Å². The summed E-state index contributed by atoms with van der Waals surface area (Å²) in [4.78, 5) is 4.29. The molecule has 1 heterocycles. The van der Waals surface area contributed by atoms with Crippen LogP contribution in [0.2, 0.25) is 0 Å². The van der Waals surface area contributed by atoms with Crippen molar-refractivity contribution in [2.45, 2.75) is 46.1 Å². The van der Waals surface area contributed by atoms with E-state index in [1.807, 2.05) is 6.07 Å². The van der Waals surface area contributed by atoms with Gasteiger partial charge in [-0.1, -0.05) is 32.8 Å². The third kappa shape index (κ3) is 5.68. The van der Waals surface area contributed by atoms with Gasteiger partial charge < -0.3 is 10.1 Å². The van der Waals surface area contributed by atoms with Crippen LogP contribution in [0, 0.1) is 0 Å². The average molecular weight is 236 g/mol. The van der Waals surface area contributed by atoms with Gasteiger partial charge in [-0.2, -0.15) is 0 Å². The van der Waals surface area contributed by atoms with E-state index in [1.54, 1.807) is 6.20 Å². The summed E-state index contributed by atoms with van der Waals surface area (Å²) in [5.41, 5.74) is 1.15. The van der Waals surface area contributed by atoms with E-state index in [9.17, 15) is 0 Å². The van der Waals surface area contributed by atoms with E-state index in [1.165, 1.54) is 12.8 Å². The molecule has 3 nitrogen and oxygen atoms in total. The van der Waals surface area contributed by atoms with Crippen molar-refractivity contribution in [2.24, 2.45) is 0 Å². The molecule has 0 unspecified atom stereocenters. The first kappa shape index (κ1) is 14.0. The highest BCUT2D eigenvalue weighted by Crippen LogP contribution is 2.14. The van der Waals surface area contributed by atoms with Crippen LogP contribution in [-0.4, -0.2) is 18.1 Å². The zero-order chi connectivity index (χ0) is 12.3. The van der Waals surface area contributed by atoms with E-state index in [4.69, 9.17) is 4.74 Å². The zero-order valence-electron chi connectivity index (χ0n) is 11.0. The first-order chi connectivity index (χ1) is 8.38. The van der Waals surface area contributed by atoms with Crippen molar-refractivity contribution in [1.29, 1.82) is 0 Å². The van der Waals surface area contributed by atoms with E-state index in [0.717, 1.165) is 44.0 Å². The van der Waals surface area contributed by atoms with Crippen LogP contribution in [0.1, 0.15) is 45.1 Å². The maximum Gasteiger partial charge on any atom is 0.217 e. The molecular formula is C14H24N2O. The molecule has 0 spiro atoms. The molecular weight excluding hydrogens is 212 g/mol. The Morgan fingerprint density at radius 3 is 2.88 bits per heavy atom. The van der Waals surface area contributed by atoms with Crippen LogP contribution in [0.25, 0.3) is 0 Å². The fraction of sp³-hybridized carbons (Fsp3) is 0.643. The minimum atomic E-state index is 0.769. The maximum absolute atomic E-state index is 5.72. The molecule has 1 aromatic rings. The average Bonchev–Trinajstić information content (AvgIpc) is 2.36. The molecule has 1 rings (SSSR count). The fourth-order valence-electron chi connectivity index (χ4n) is 1.61. The largest absolute Gasteiger partial charge is 0.477 e. The molecule has 0 radical (unpaired) electrons. The molecule has 0 aliphatic carbocycles. The second-order valence-electron chi connectivity index (χ2n) is 4.20. The van der Waals surface area contributed by atoms with E-state index in [0.29, 0.717) is 0 Å². The van der Waals surface area contributed by atoms with E-state index >= 15 is 0 Å². The number of nitrogens with zero attached hydrogens (tertiary/aromatic N) is 1. The summed E-state index contributed by atoms with van der Waals surface area (Å²) < 4.78 is 5.72. The van der Waals surface area contributed by atoms with E-state index < -0.39 is 0 Å². The summed E-state index contributed by atoms with van der Waals surface area (Å²) in [6.45, 7) is 7.00. The molecule has 17 heavy (non-hydrogen) atoms. The fourth-order valence-corrected chi connectivity index (χ4v) is 1.61. The van der Waals surface area contributed by atoms with Crippen molar-refractivity contribution in [3.63, 3.8) is 0 Å². The van der Waals surface area contributed by atoms with Crippen LogP contribution < -0.4 is 10.1 Å². The third-order valence-electron chi connectivity index (χ3n) is 2.58. The number of ether oxygens (including phenoxy) is 1. The normalized spacial score (nSPS) is 10.5. The second-order valence-corrected chi connectivity index (χ2v) is 4.20. The van der Waals surface area contributed by atoms with Crippen LogP contribution in [-0.2, 0) is 6.54 Å². The Kier molecular flexibility index (Phi) is 7.39. The van der Waals surface area contributed by atoms with E-state index in [-0.39, 0.29) is 0 Å². The van der Waals surface area contributed by atoms with Gasteiger partial charge in [-0.25, -0.2) is 4.98 Å². The smallest absolute Gasteiger partial charge is 0.217 e. The highest BCUT2D eigenvalue weighted by molar-refractivity contribution is 5.25. The van der Waals surface area contributed by atoms with Gasteiger partial charge in [-0.05, 0) is 25.5 Å². The van der Waals surface area contributed by atoms with Gasteiger partial charge in [0.25, 0.3) is 0 Å². The molecule has 1 N–H and O–H groups in total. The minimum Gasteiger partial charge on any atom is -0.477 e. The predicted molar refractivity (Wildman–Crippen MR) is 71.3 cm³/mol. The lowest BCUT2D eigenvalue weighted by molar-refractivity contribution is 0.291. The predicted octanol–water partition coefficient (Wildman–Crippen LogP) is 3.15. The highest BCUT2D eigenvalue weighted by Gasteiger charge is 2.03. The third-order valence-corrected chi connectivity index (χ3v) is 2.58. The molecule has 3 heteroatoms. The molecule has 0 aliphatic rings. The summed E-state index contributed by atoms with van der Waals surface area (Å²) in [5, 5.41) is 3.37. The van der Waals surface area contributed by atoms with Crippen LogP contribution in [0.3, 0.4) is 0 Å². The number of nitrogens with one attached hydrogen (secondary N) is 1. The Bertz CT molecular complexity index is 302. The van der Waals surface area contributed by atoms with Crippen molar-refractivity contribution in [1.82, 2.24) is 10.3 Å². The molecule has 96 valence electrons. The summed E-state index contributed by atoms with van der Waals surface area (Å²) in [5.74, 6) is 0.784. The standard InChI is InChI=1S/C14H24N2O/c1-3-5-6-11-17-14-13(8-7-10-16-14)12-15-9-4-2/h7-8,10,15H,3-6,9,11-12H2,1-2H3. The topological polar surface area (TPSA) is 34.1 Å². The van der Waals surface area contributed by atoms with Gasteiger partial charge in [0.1, 0.15) is 0 Å². The number of hydrogen-bond acceptors (Lipinski definition) is 3. The number of rotatable bonds is 9. The summed E-state index contributed by atoms with van der Waals surface area (Å²) in [6, 6.07) is 4.03. The molecule has 0 saturated heterocycles. The monoisotopic (exact) mass is 236 g/mol. The Morgan fingerprint density at radius 2 is 2.12 bits per heavy atom. The van der Waals surface area contributed by atoms with Gasteiger partial charge in [0, 0.05) is 18.3 Å². The minimum absolute atomic E-state index is 0.769. The van der Waals surface area contributed by atoms with Gasteiger partial charge in [0.2, 0.25) is 5.88 Å². The molecule has 0 bridgehead atoms. The van der Waals surface area contributed by atoms with Gasteiger partial charge in [-0.3, -0.25) is 0 Å². The Morgan fingerprint density at radius 1 is 1.24 bits per heavy atom. The lowest BCUT2D eigenvalue weighted by Gasteiger charge is -2.10. The first-order valence-corrected chi connectivity index (χ1v) is 6.65. The number of unbranched alkanes of at least 4 members (excludes halogenated alkanes) is 2. The Labute approximate surface area is 105 Å². The second kappa shape index (κ2) is 8.99. The van der Waals surface area contributed by atoms with Crippen LogP contribution in [0.15, 0.2) is 18.3 Å². The van der Waals surface area contributed by atoms with Gasteiger partial charge in [-0.15, -0.1) is 0 Å². The highest BCUT2D eigenvalue weighted by atomic mass is 16.5. The van der Waals surface area contributed by atoms with Crippen LogP contribution in [0.4, 0.5) is 0 Å². The van der Waals surface area contributed by atoms with Gasteiger partial charge >= 0.3 is 0 Å². The number of aromatic nitrogens is 1. The molecule has 0 saturated carbocycles. The summed E-state index contributed by atoms with van der Waals surface area (Å²) >= 11 is 0. The Balaban J connectivity index is 2.40. The molecule has 0 atom stereocenters. The molecule has 0 aliphatic heterocycles. The molecule has 0 amide bonds. The maximum atomic E-state index is 5.72. The first-order valence-electron chi connectivity index (χ1n) is 6.65. The molecule has 0 aromatic carbocycles. The molecule has 1 aromatic heterocycles. The van der Waals surface area contributed by atoms with Crippen molar-refractivity contribution >= 4 is 0 Å². The van der Waals surface area contributed by atoms with Crippen molar-refractivity contribution in [2.75, 3.05) is 13.2 Å². The molecule has 0 fully saturated rings.